The minimum absolute atomic E-state index is 0.0461. The van der Waals surface area contributed by atoms with Crippen LogP contribution in [0.2, 0.25) is 0 Å². The topological polar surface area (TPSA) is 140 Å². The molecule has 5 rings (SSSR count). The smallest absolute Gasteiger partial charge is 0.303 e. The SMILES string of the molecule is CC(=O)OC1C(O)C2(O)C(C3OC3C2(C)C)C(C)(O)C2(O)CCC3CC12CC3(C)O. The zero-order valence-corrected chi connectivity index (χ0v) is 18.3. The van der Waals surface area contributed by atoms with Crippen molar-refractivity contribution in [2.45, 2.75) is 107 Å². The molecule has 30 heavy (non-hydrogen) atoms. The van der Waals surface area contributed by atoms with E-state index in [1.807, 2.05) is 0 Å². The van der Waals surface area contributed by atoms with Gasteiger partial charge >= 0.3 is 5.97 Å². The highest BCUT2D eigenvalue weighted by Gasteiger charge is 2.87. The van der Waals surface area contributed by atoms with Crippen molar-refractivity contribution >= 4 is 5.97 Å². The van der Waals surface area contributed by atoms with Gasteiger partial charge in [-0.25, -0.2) is 0 Å². The molecule has 0 aromatic rings. The summed E-state index contributed by atoms with van der Waals surface area (Å²) in [6.45, 7) is 7.95. The number of carbonyl (C=O) groups is 1. The number of aliphatic hydroxyl groups excluding tert-OH is 1. The van der Waals surface area contributed by atoms with Gasteiger partial charge in [0.05, 0.1) is 29.3 Å². The molecule has 0 amide bonds. The Morgan fingerprint density at radius 1 is 1.10 bits per heavy atom. The predicted molar refractivity (Wildman–Crippen MR) is 103 cm³/mol. The lowest BCUT2D eigenvalue weighted by molar-refractivity contribution is -0.268. The lowest BCUT2D eigenvalue weighted by atomic mass is 9.54. The molecule has 4 aliphatic carbocycles. The summed E-state index contributed by atoms with van der Waals surface area (Å²) >= 11 is 0. The number of carbonyl (C=O) groups excluding carboxylic acids is 1. The molecule has 1 heterocycles. The van der Waals surface area contributed by atoms with Gasteiger partial charge in [-0.2, -0.15) is 0 Å². The van der Waals surface area contributed by atoms with E-state index in [9.17, 15) is 30.3 Å². The molecule has 0 aromatic carbocycles. The molecule has 8 nitrogen and oxygen atoms in total. The van der Waals surface area contributed by atoms with Gasteiger partial charge in [0.15, 0.2) is 0 Å². The third-order valence-electron chi connectivity index (χ3n) is 9.93. The predicted octanol–water partition coefficient (Wildman–Crippen LogP) is -0.130. The van der Waals surface area contributed by atoms with Gasteiger partial charge in [0.25, 0.3) is 0 Å². The molecule has 0 radical (unpaired) electrons. The van der Waals surface area contributed by atoms with Crippen molar-refractivity contribution in [2.75, 3.05) is 0 Å². The molecule has 8 heteroatoms. The molecule has 11 atom stereocenters. The van der Waals surface area contributed by atoms with E-state index in [1.54, 1.807) is 20.8 Å². The average Bonchev–Trinajstić information content (AvgIpc) is 3.31. The lowest BCUT2D eigenvalue weighted by Gasteiger charge is -2.57. The van der Waals surface area contributed by atoms with E-state index < -0.39 is 63.4 Å². The Hall–Kier alpha value is -0.770. The highest BCUT2D eigenvalue weighted by molar-refractivity contribution is 5.66. The minimum atomic E-state index is -1.87. The van der Waals surface area contributed by atoms with Crippen LogP contribution >= 0.6 is 0 Å². The summed E-state index contributed by atoms with van der Waals surface area (Å²) in [5.74, 6) is -1.81. The Morgan fingerprint density at radius 3 is 2.33 bits per heavy atom. The molecule has 1 saturated heterocycles. The fourth-order valence-electron chi connectivity index (χ4n) is 8.38. The van der Waals surface area contributed by atoms with Gasteiger partial charge in [0.1, 0.15) is 23.4 Å². The Balaban J connectivity index is 1.79. The minimum Gasteiger partial charge on any atom is -0.459 e. The monoisotopic (exact) mass is 426 g/mol. The molecule has 11 unspecified atom stereocenters. The van der Waals surface area contributed by atoms with Gasteiger partial charge in [-0.05, 0) is 45.4 Å². The molecular weight excluding hydrogens is 392 g/mol. The summed E-state index contributed by atoms with van der Waals surface area (Å²) in [6, 6.07) is 0. The normalized spacial score (nSPS) is 62.7. The van der Waals surface area contributed by atoms with Crippen LogP contribution in [0, 0.1) is 22.7 Å². The summed E-state index contributed by atoms with van der Waals surface area (Å²) in [6.07, 6.45) is -2.78. The van der Waals surface area contributed by atoms with Crippen LogP contribution in [0.3, 0.4) is 0 Å². The zero-order chi connectivity index (χ0) is 22.3. The molecule has 170 valence electrons. The Bertz CT molecular complexity index is 807. The maximum Gasteiger partial charge on any atom is 0.303 e. The second kappa shape index (κ2) is 5.41. The summed E-state index contributed by atoms with van der Waals surface area (Å²) in [4.78, 5) is 12.1. The number of hydrogen-bond donors (Lipinski definition) is 5. The third-order valence-corrected chi connectivity index (χ3v) is 9.93. The second-order valence-corrected chi connectivity index (χ2v) is 11.7. The number of aliphatic hydroxyl groups is 5. The Morgan fingerprint density at radius 2 is 1.73 bits per heavy atom. The highest BCUT2D eigenvalue weighted by atomic mass is 16.6. The molecule has 0 aromatic heterocycles. The number of epoxide rings is 1. The maximum absolute atomic E-state index is 12.2. The number of rotatable bonds is 1. The molecule has 2 bridgehead atoms. The van der Waals surface area contributed by atoms with Crippen LogP contribution in [-0.4, -0.2) is 78.3 Å². The number of hydrogen-bond acceptors (Lipinski definition) is 8. The van der Waals surface area contributed by atoms with Gasteiger partial charge in [0, 0.05) is 17.8 Å². The van der Waals surface area contributed by atoms with Crippen molar-refractivity contribution in [3.8, 4) is 0 Å². The van der Waals surface area contributed by atoms with E-state index in [4.69, 9.17) is 9.47 Å². The van der Waals surface area contributed by atoms with Gasteiger partial charge < -0.3 is 35.0 Å². The largest absolute Gasteiger partial charge is 0.459 e. The number of esters is 1. The first kappa shape index (κ1) is 21.1. The summed E-state index contributed by atoms with van der Waals surface area (Å²) < 4.78 is 11.5. The van der Waals surface area contributed by atoms with E-state index in [2.05, 4.69) is 0 Å². The van der Waals surface area contributed by atoms with Crippen LogP contribution in [0.4, 0.5) is 0 Å². The first-order chi connectivity index (χ1) is 13.6. The van der Waals surface area contributed by atoms with Gasteiger partial charge in [-0.15, -0.1) is 0 Å². The Kier molecular flexibility index (Phi) is 3.80. The number of ether oxygens (including phenoxy) is 2. The molecule has 1 aliphatic heterocycles. The van der Waals surface area contributed by atoms with E-state index in [-0.39, 0.29) is 31.3 Å². The summed E-state index contributed by atoms with van der Waals surface area (Å²) in [7, 11) is 0. The first-order valence-corrected chi connectivity index (χ1v) is 11.0. The van der Waals surface area contributed by atoms with Crippen molar-refractivity contribution in [2.24, 2.45) is 22.7 Å². The second-order valence-electron chi connectivity index (χ2n) is 11.7. The fourth-order valence-corrected chi connectivity index (χ4v) is 8.38. The average molecular weight is 427 g/mol. The van der Waals surface area contributed by atoms with Crippen LogP contribution in [0.5, 0.6) is 0 Å². The van der Waals surface area contributed by atoms with Crippen LogP contribution in [-0.2, 0) is 14.3 Å². The lowest BCUT2D eigenvalue weighted by Crippen LogP contribution is -2.69. The van der Waals surface area contributed by atoms with E-state index >= 15 is 0 Å². The molecule has 5 fully saturated rings. The van der Waals surface area contributed by atoms with E-state index in [0.717, 1.165) is 0 Å². The van der Waals surface area contributed by atoms with Gasteiger partial charge in [-0.1, -0.05) is 13.8 Å². The zero-order valence-electron chi connectivity index (χ0n) is 18.3. The standard InChI is InChI=1S/C22H34O8/c1-10(23)29-16-14(24)22(28)13(12-15(30-12)17(22,2)3)19(5,26)21(27)7-6-11-8-20(16,21)9-18(11,4)25/h11-16,24-28H,6-9H2,1-5H3. The van der Waals surface area contributed by atoms with Crippen LogP contribution in [0.1, 0.15) is 60.3 Å². The molecule has 5 aliphatic rings. The van der Waals surface area contributed by atoms with Crippen LogP contribution < -0.4 is 0 Å². The van der Waals surface area contributed by atoms with Crippen molar-refractivity contribution in [3.05, 3.63) is 0 Å². The quantitative estimate of drug-likeness (QED) is 0.289. The van der Waals surface area contributed by atoms with E-state index in [0.29, 0.717) is 6.42 Å². The molecule has 1 spiro atoms. The van der Waals surface area contributed by atoms with Crippen LogP contribution in [0.25, 0.3) is 0 Å². The summed E-state index contributed by atoms with van der Waals surface area (Å²) in [5.41, 5.74) is -8.94. The van der Waals surface area contributed by atoms with Crippen molar-refractivity contribution < 1.29 is 39.8 Å². The summed E-state index contributed by atoms with van der Waals surface area (Å²) in [5, 5.41) is 59.1. The van der Waals surface area contributed by atoms with Gasteiger partial charge in [0.2, 0.25) is 0 Å². The molecule has 4 saturated carbocycles. The number of fused-ring (bicyclic) bond motifs is 4. The van der Waals surface area contributed by atoms with Crippen molar-refractivity contribution in [1.29, 1.82) is 0 Å². The third kappa shape index (κ3) is 1.98. The van der Waals surface area contributed by atoms with E-state index in [1.165, 1.54) is 13.8 Å². The fraction of sp³-hybridized carbons (Fsp3) is 0.955. The highest BCUT2D eigenvalue weighted by Crippen LogP contribution is 2.74. The molecular formula is C22H34O8. The van der Waals surface area contributed by atoms with Crippen LogP contribution in [0.15, 0.2) is 0 Å². The molecule has 5 N–H and O–H groups in total. The maximum atomic E-state index is 12.2. The van der Waals surface area contributed by atoms with Gasteiger partial charge in [-0.3, -0.25) is 4.79 Å². The van der Waals surface area contributed by atoms with Crippen molar-refractivity contribution in [3.63, 3.8) is 0 Å². The Labute approximate surface area is 176 Å². The van der Waals surface area contributed by atoms with Crippen molar-refractivity contribution in [1.82, 2.24) is 0 Å². The first-order valence-electron chi connectivity index (χ1n) is 11.0.